The molecule has 6 atom stereocenters. The standard InChI is InChI=1S/C19H29NO2/c1-18-7-6-16-15(17(18)10-13(11-18)20-22)4-3-12-9-14(21)5-8-19(12,16)2/h3,14-17,21-22H,4-11H2,1-2H3/b20-13+/t14-,15+,16-,17-,18+,19-/m0/s1. The summed E-state index contributed by atoms with van der Waals surface area (Å²) < 4.78 is 0. The zero-order valence-corrected chi connectivity index (χ0v) is 13.9. The van der Waals surface area contributed by atoms with Crippen LogP contribution in [0.3, 0.4) is 0 Å². The van der Waals surface area contributed by atoms with E-state index in [2.05, 4.69) is 25.1 Å². The first-order valence-corrected chi connectivity index (χ1v) is 9.04. The first kappa shape index (κ1) is 14.7. The van der Waals surface area contributed by atoms with Gasteiger partial charge in [-0.25, -0.2) is 0 Å². The Morgan fingerprint density at radius 3 is 2.73 bits per heavy atom. The van der Waals surface area contributed by atoms with Gasteiger partial charge in [-0.15, -0.1) is 0 Å². The summed E-state index contributed by atoms with van der Waals surface area (Å²) in [6, 6.07) is 0. The van der Waals surface area contributed by atoms with E-state index >= 15 is 0 Å². The van der Waals surface area contributed by atoms with Crippen LogP contribution in [-0.4, -0.2) is 22.1 Å². The van der Waals surface area contributed by atoms with Crippen LogP contribution in [0.2, 0.25) is 0 Å². The maximum Gasteiger partial charge on any atom is 0.0579 e. The lowest BCUT2D eigenvalue weighted by molar-refractivity contribution is -0.0360. The largest absolute Gasteiger partial charge is 0.411 e. The number of rotatable bonds is 0. The van der Waals surface area contributed by atoms with Crippen molar-refractivity contribution in [1.29, 1.82) is 0 Å². The molecule has 3 nitrogen and oxygen atoms in total. The molecule has 0 bridgehead atoms. The monoisotopic (exact) mass is 303 g/mol. The Labute approximate surface area is 133 Å². The molecular formula is C19H29NO2. The molecule has 4 rings (SSSR count). The van der Waals surface area contributed by atoms with E-state index in [0.29, 0.717) is 16.7 Å². The fraction of sp³-hybridized carbons (Fsp3) is 0.842. The Bertz CT molecular complexity index is 540. The van der Waals surface area contributed by atoms with Gasteiger partial charge in [-0.3, -0.25) is 0 Å². The van der Waals surface area contributed by atoms with E-state index in [-0.39, 0.29) is 6.10 Å². The van der Waals surface area contributed by atoms with Crippen LogP contribution < -0.4 is 0 Å². The minimum Gasteiger partial charge on any atom is -0.411 e. The maximum absolute atomic E-state index is 10.0. The third-order valence-electron chi connectivity index (χ3n) is 7.80. The molecule has 0 saturated heterocycles. The highest BCUT2D eigenvalue weighted by Crippen LogP contribution is 2.64. The van der Waals surface area contributed by atoms with Crippen molar-refractivity contribution in [2.75, 3.05) is 0 Å². The van der Waals surface area contributed by atoms with E-state index in [1.165, 1.54) is 24.8 Å². The Hall–Kier alpha value is -0.830. The highest BCUT2D eigenvalue weighted by molar-refractivity contribution is 5.87. The minimum atomic E-state index is -0.121. The Morgan fingerprint density at radius 2 is 1.95 bits per heavy atom. The molecular weight excluding hydrogens is 274 g/mol. The van der Waals surface area contributed by atoms with Crippen LogP contribution >= 0.6 is 0 Å². The van der Waals surface area contributed by atoms with Crippen molar-refractivity contribution in [3.8, 4) is 0 Å². The lowest BCUT2D eigenvalue weighted by atomic mass is 9.48. The summed E-state index contributed by atoms with van der Waals surface area (Å²) in [6.07, 6.45) is 11.1. The van der Waals surface area contributed by atoms with Gasteiger partial charge in [-0.05, 0) is 80.0 Å². The van der Waals surface area contributed by atoms with Gasteiger partial charge < -0.3 is 10.3 Å². The predicted molar refractivity (Wildman–Crippen MR) is 86.9 cm³/mol. The van der Waals surface area contributed by atoms with Crippen molar-refractivity contribution in [2.45, 2.75) is 71.3 Å². The van der Waals surface area contributed by atoms with Crippen molar-refractivity contribution in [2.24, 2.45) is 33.7 Å². The van der Waals surface area contributed by atoms with Crippen molar-refractivity contribution in [3.63, 3.8) is 0 Å². The van der Waals surface area contributed by atoms with Crippen molar-refractivity contribution < 1.29 is 10.3 Å². The van der Waals surface area contributed by atoms with Gasteiger partial charge in [0, 0.05) is 0 Å². The topological polar surface area (TPSA) is 52.8 Å². The Balaban J connectivity index is 1.68. The van der Waals surface area contributed by atoms with Gasteiger partial charge in [-0.1, -0.05) is 30.7 Å². The number of aliphatic hydroxyl groups excluding tert-OH is 1. The van der Waals surface area contributed by atoms with Crippen LogP contribution in [0.15, 0.2) is 16.8 Å². The first-order chi connectivity index (χ1) is 10.5. The maximum atomic E-state index is 10.0. The molecule has 0 aromatic rings. The molecule has 122 valence electrons. The fourth-order valence-corrected chi connectivity index (χ4v) is 6.52. The Kier molecular flexibility index (Phi) is 3.24. The second-order valence-electron chi connectivity index (χ2n) is 8.90. The molecule has 2 N–H and O–H groups in total. The average Bonchev–Trinajstić information content (AvgIpc) is 2.85. The van der Waals surface area contributed by atoms with Crippen LogP contribution in [-0.2, 0) is 0 Å². The van der Waals surface area contributed by atoms with Crippen LogP contribution in [0.4, 0.5) is 0 Å². The average molecular weight is 303 g/mol. The second kappa shape index (κ2) is 4.83. The summed E-state index contributed by atoms with van der Waals surface area (Å²) >= 11 is 0. The van der Waals surface area contributed by atoms with E-state index in [9.17, 15) is 10.3 Å². The number of nitrogens with zero attached hydrogens (tertiary/aromatic N) is 1. The number of hydrogen-bond donors (Lipinski definition) is 2. The number of fused-ring (bicyclic) bond motifs is 5. The summed E-state index contributed by atoms with van der Waals surface area (Å²) in [6.45, 7) is 4.87. The zero-order chi connectivity index (χ0) is 15.5. The van der Waals surface area contributed by atoms with E-state index in [4.69, 9.17) is 0 Å². The van der Waals surface area contributed by atoms with Gasteiger partial charge in [0.1, 0.15) is 0 Å². The number of allylic oxidation sites excluding steroid dienone is 1. The van der Waals surface area contributed by atoms with Crippen molar-refractivity contribution in [3.05, 3.63) is 11.6 Å². The predicted octanol–water partition coefficient (Wildman–Crippen LogP) is 4.14. The molecule has 0 aliphatic heterocycles. The minimum absolute atomic E-state index is 0.121. The van der Waals surface area contributed by atoms with E-state index in [0.717, 1.165) is 49.7 Å². The summed E-state index contributed by atoms with van der Waals surface area (Å²) in [4.78, 5) is 0. The SMILES string of the molecule is C[C@]12CC[C@H]3[C@@H](CC=C4C[C@@H](O)CC[C@@]43C)[C@@H]1C/C(=N\O)C2. The smallest absolute Gasteiger partial charge is 0.0579 e. The molecule has 0 aromatic heterocycles. The number of oxime groups is 1. The second-order valence-corrected chi connectivity index (χ2v) is 8.90. The normalized spacial score (nSPS) is 52.7. The molecule has 0 radical (unpaired) electrons. The van der Waals surface area contributed by atoms with Crippen LogP contribution in [0.1, 0.15) is 65.2 Å². The lowest BCUT2D eigenvalue weighted by Crippen LogP contribution is -2.49. The number of hydrogen-bond acceptors (Lipinski definition) is 3. The van der Waals surface area contributed by atoms with Crippen LogP contribution in [0.25, 0.3) is 0 Å². The lowest BCUT2D eigenvalue weighted by Gasteiger charge is -2.57. The summed E-state index contributed by atoms with van der Waals surface area (Å²) in [5, 5.41) is 22.8. The Morgan fingerprint density at radius 1 is 1.14 bits per heavy atom. The molecule has 4 aliphatic carbocycles. The summed E-state index contributed by atoms with van der Waals surface area (Å²) in [5.74, 6) is 2.18. The fourth-order valence-electron chi connectivity index (χ4n) is 6.52. The molecule has 3 saturated carbocycles. The van der Waals surface area contributed by atoms with Crippen LogP contribution in [0, 0.1) is 28.6 Å². The van der Waals surface area contributed by atoms with Gasteiger partial charge in [-0.2, -0.15) is 0 Å². The summed E-state index contributed by atoms with van der Waals surface area (Å²) in [5.41, 5.74) is 3.21. The highest BCUT2D eigenvalue weighted by Gasteiger charge is 2.56. The third-order valence-corrected chi connectivity index (χ3v) is 7.80. The quantitative estimate of drug-likeness (QED) is 0.401. The molecule has 3 heteroatoms. The van der Waals surface area contributed by atoms with Gasteiger partial charge in [0.25, 0.3) is 0 Å². The molecule has 4 aliphatic rings. The summed E-state index contributed by atoms with van der Waals surface area (Å²) in [7, 11) is 0. The van der Waals surface area contributed by atoms with Gasteiger partial charge in [0.2, 0.25) is 0 Å². The van der Waals surface area contributed by atoms with E-state index in [1.54, 1.807) is 0 Å². The molecule has 0 unspecified atom stereocenters. The van der Waals surface area contributed by atoms with Crippen molar-refractivity contribution >= 4 is 5.71 Å². The highest BCUT2D eigenvalue weighted by atomic mass is 16.4. The molecule has 3 fully saturated rings. The van der Waals surface area contributed by atoms with Crippen LogP contribution in [0.5, 0.6) is 0 Å². The molecule has 0 amide bonds. The first-order valence-electron chi connectivity index (χ1n) is 9.04. The molecule has 22 heavy (non-hydrogen) atoms. The molecule has 0 heterocycles. The molecule has 0 spiro atoms. The third kappa shape index (κ3) is 1.94. The van der Waals surface area contributed by atoms with Gasteiger partial charge >= 0.3 is 0 Å². The zero-order valence-electron chi connectivity index (χ0n) is 13.9. The molecule has 0 aromatic carbocycles. The van der Waals surface area contributed by atoms with Gasteiger partial charge in [0.05, 0.1) is 11.8 Å². The van der Waals surface area contributed by atoms with E-state index < -0.39 is 0 Å². The van der Waals surface area contributed by atoms with Crippen molar-refractivity contribution in [1.82, 2.24) is 0 Å². The van der Waals surface area contributed by atoms with Gasteiger partial charge in [0.15, 0.2) is 0 Å². The number of aliphatic hydroxyl groups is 1. The van der Waals surface area contributed by atoms with E-state index in [1.807, 2.05) is 0 Å².